The second kappa shape index (κ2) is 6.94. The fourth-order valence-corrected chi connectivity index (χ4v) is 1.52. The average Bonchev–Trinajstić information content (AvgIpc) is 2.36. The summed E-state index contributed by atoms with van der Waals surface area (Å²) in [7, 11) is 1.98. The summed E-state index contributed by atoms with van der Waals surface area (Å²) in [5.74, 6) is 0.502. The van der Waals surface area contributed by atoms with Gasteiger partial charge in [0.05, 0.1) is 5.69 Å². The molecule has 0 saturated heterocycles. The molecule has 0 spiro atoms. The maximum Gasteiger partial charge on any atom is 0.311 e. The van der Waals surface area contributed by atoms with Crippen LogP contribution in [0.1, 0.15) is 33.1 Å². The third-order valence-electron chi connectivity index (χ3n) is 2.71. The van der Waals surface area contributed by atoms with Gasteiger partial charge in [-0.15, -0.1) is 0 Å². The first-order valence-electron chi connectivity index (χ1n) is 6.19. The van der Waals surface area contributed by atoms with Crippen LogP contribution in [0, 0.1) is 0 Å². The van der Waals surface area contributed by atoms with E-state index in [4.69, 9.17) is 4.74 Å². The van der Waals surface area contributed by atoms with E-state index in [1.807, 2.05) is 31.3 Å². The summed E-state index contributed by atoms with van der Waals surface area (Å²) in [5, 5.41) is 0. The van der Waals surface area contributed by atoms with E-state index in [-0.39, 0.29) is 5.97 Å². The third kappa shape index (κ3) is 4.10. The Bertz CT molecular complexity index is 363. The zero-order valence-electron chi connectivity index (χ0n) is 10.9. The van der Waals surface area contributed by atoms with E-state index in [1.165, 1.54) is 0 Å². The minimum absolute atomic E-state index is 0.149. The Morgan fingerprint density at radius 3 is 2.65 bits per heavy atom. The van der Waals surface area contributed by atoms with Crippen LogP contribution in [-0.4, -0.2) is 19.6 Å². The topological polar surface area (TPSA) is 29.5 Å². The molecule has 0 N–H and O–H groups in total. The van der Waals surface area contributed by atoms with Crippen LogP contribution in [-0.2, 0) is 4.79 Å². The minimum Gasteiger partial charge on any atom is -0.424 e. The second-order valence-corrected chi connectivity index (χ2v) is 4.06. The van der Waals surface area contributed by atoms with Gasteiger partial charge in [0.15, 0.2) is 5.75 Å². The summed E-state index contributed by atoms with van der Waals surface area (Å²) >= 11 is 0. The van der Waals surface area contributed by atoms with Gasteiger partial charge in [-0.05, 0) is 25.5 Å². The molecule has 0 radical (unpaired) electrons. The van der Waals surface area contributed by atoms with Crippen molar-refractivity contribution in [3.8, 4) is 5.75 Å². The van der Waals surface area contributed by atoms with Gasteiger partial charge in [0, 0.05) is 20.0 Å². The SMILES string of the molecule is CCCCC(=O)Oc1ccccc1N(C)CC. The summed E-state index contributed by atoms with van der Waals surface area (Å²) in [6.45, 7) is 5.01. The van der Waals surface area contributed by atoms with Gasteiger partial charge in [-0.1, -0.05) is 25.5 Å². The number of anilines is 1. The van der Waals surface area contributed by atoms with E-state index >= 15 is 0 Å². The number of hydrogen-bond acceptors (Lipinski definition) is 3. The lowest BCUT2D eigenvalue weighted by atomic mass is 10.2. The van der Waals surface area contributed by atoms with Gasteiger partial charge in [-0.25, -0.2) is 0 Å². The van der Waals surface area contributed by atoms with E-state index in [1.54, 1.807) is 0 Å². The van der Waals surface area contributed by atoms with Crippen LogP contribution in [0.5, 0.6) is 5.75 Å². The predicted octanol–water partition coefficient (Wildman–Crippen LogP) is 3.24. The van der Waals surface area contributed by atoms with E-state index in [0.29, 0.717) is 12.2 Å². The fourth-order valence-electron chi connectivity index (χ4n) is 1.52. The zero-order valence-corrected chi connectivity index (χ0v) is 10.9. The van der Waals surface area contributed by atoms with Crippen molar-refractivity contribution in [3.05, 3.63) is 24.3 Å². The largest absolute Gasteiger partial charge is 0.424 e. The average molecular weight is 235 g/mol. The minimum atomic E-state index is -0.149. The number of hydrogen-bond donors (Lipinski definition) is 0. The highest BCUT2D eigenvalue weighted by molar-refractivity contribution is 5.75. The van der Waals surface area contributed by atoms with Crippen LogP contribution < -0.4 is 9.64 Å². The normalized spacial score (nSPS) is 10.1. The number of rotatable bonds is 6. The smallest absolute Gasteiger partial charge is 0.311 e. The van der Waals surface area contributed by atoms with E-state index in [2.05, 4.69) is 18.7 Å². The van der Waals surface area contributed by atoms with Gasteiger partial charge in [0.2, 0.25) is 0 Å². The number of unbranched alkanes of at least 4 members (excludes halogenated alkanes) is 1. The van der Waals surface area contributed by atoms with Crippen LogP contribution >= 0.6 is 0 Å². The second-order valence-electron chi connectivity index (χ2n) is 4.06. The summed E-state index contributed by atoms with van der Waals surface area (Å²) in [4.78, 5) is 13.7. The Morgan fingerprint density at radius 1 is 1.29 bits per heavy atom. The van der Waals surface area contributed by atoms with Gasteiger partial charge in [0.1, 0.15) is 0 Å². The highest BCUT2D eigenvalue weighted by Gasteiger charge is 2.10. The first-order valence-corrected chi connectivity index (χ1v) is 6.19. The molecule has 0 aliphatic heterocycles. The van der Waals surface area contributed by atoms with E-state index in [0.717, 1.165) is 25.1 Å². The monoisotopic (exact) mass is 235 g/mol. The molecule has 3 nitrogen and oxygen atoms in total. The van der Waals surface area contributed by atoms with Crippen molar-refractivity contribution in [1.29, 1.82) is 0 Å². The Labute approximate surface area is 103 Å². The van der Waals surface area contributed by atoms with Gasteiger partial charge in [-0.3, -0.25) is 4.79 Å². The molecule has 0 aliphatic rings. The molecular weight excluding hydrogens is 214 g/mol. The summed E-state index contributed by atoms with van der Waals surface area (Å²) in [6.07, 6.45) is 2.37. The lowest BCUT2D eigenvalue weighted by Gasteiger charge is -2.19. The standard InChI is InChI=1S/C14H21NO2/c1-4-6-11-14(16)17-13-10-8-7-9-12(13)15(3)5-2/h7-10H,4-6,11H2,1-3H3. The van der Waals surface area contributed by atoms with E-state index < -0.39 is 0 Å². The van der Waals surface area contributed by atoms with Crippen molar-refractivity contribution in [2.45, 2.75) is 33.1 Å². The number of para-hydroxylation sites is 2. The molecule has 1 aromatic carbocycles. The van der Waals surface area contributed by atoms with Crippen LogP contribution in [0.3, 0.4) is 0 Å². The number of benzene rings is 1. The molecule has 0 bridgehead atoms. The number of ether oxygens (including phenoxy) is 1. The Morgan fingerprint density at radius 2 is 2.00 bits per heavy atom. The van der Waals surface area contributed by atoms with Gasteiger partial charge < -0.3 is 9.64 Å². The van der Waals surface area contributed by atoms with Crippen molar-refractivity contribution in [2.75, 3.05) is 18.5 Å². The Balaban J connectivity index is 2.73. The van der Waals surface area contributed by atoms with Gasteiger partial charge in [-0.2, -0.15) is 0 Å². The van der Waals surface area contributed by atoms with Crippen molar-refractivity contribution in [2.24, 2.45) is 0 Å². The molecule has 17 heavy (non-hydrogen) atoms. The van der Waals surface area contributed by atoms with Crippen LogP contribution in [0.4, 0.5) is 5.69 Å². The molecule has 0 aromatic heterocycles. The maximum atomic E-state index is 11.6. The van der Waals surface area contributed by atoms with Crippen molar-refractivity contribution in [1.82, 2.24) is 0 Å². The van der Waals surface area contributed by atoms with Crippen LogP contribution in [0.25, 0.3) is 0 Å². The molecule has 3 heteroatoms. The number of carbonyl (C=O) groups is 1. The first kappa shape index (κ1) is 13.6. The Kier molecular flexibility index (Phi) is 5.53. The summed E-state index contributed by atoms with van der Waals surface area (Å²) < 4.78 is 5.39. The summed E-state index contributed by atoms with van der Waals surface area (Å²) in [6, 6.07) is 7.64. The first-order chi connectivity index (χ1) is 8.19. The maximum absolute atomic E-state index is 11.6. The molecule has 0 fully saturated rings. The van der Waals surface area contributed by atoms with Crippen molar-refractivity contribution >= 4 is 11.7 Å². The molecule has 0 amide bonds. The molecule has 0 unspecified atom stereocenters. The Hall–Kier alpha value is -1.51. The van der Waals surface area contributed by atoms with Crippen LogP contribution in [0.15, 0.2) is 24.3 Å². The van der Waals surface area contributed by atoms with Gasteiger partial charge in [0.25, 0.3) is 0 Å². The molecular formula is C14H21NO2. The molecule has 0 heterocycles. The number of nitrogens with zero attached hydrogens (tertiary/aromatic N) is 1. The lowest BCUT2D eigenvalue weighted by molar-refractivity contribution is -0.134. The predicted molar refractivity (Wildman–Crippen MR) is 70.5 cm³/mol. The summed E-state index contributed by atoms with van der Waals surface area (Å²) in [5.41, 5.74) is 0.958. The molecule has 0 saturated carbocycles. The highest BCUT2D eigenvalue weighted by Crippen LogP contribution is 2.27. The quantitative estimate of drug-likeness (QED) is 0.560. The molecule has 0 atom stereocenters. The third-order valence-corrected chi connectivity index (χ3v) is 2.71. The fraction of sp³-hybridized carbons (Fsp3) is 0.500. The van der Waals surface area contributed by atoms with Gasteiger partial charge >= 0.3 is 5.97 Å². The van der Waals surface area contributed by atoms with Crippen LogP contribution in [0.2, 0.25) is 0 Å². The molecule has 1 rings (SSSR count). The van der Waals surface area contributed by atoms with E-state index in [9.17, 15) is 4.79 Å². The number of carbonyl (C=O) groups excluding carboxylic acids is 1. The highest BCUT2D eigenvalue weighted by atomic mass is 16.5. The zero-order chi connectivity index (χ0) is 12.7. The van der Waals surface area contributed by atoms with Crippen molar-refractivity contribution < 1.29 is 9.53 Å². The molecule has 1 aromatic rings. The van der Waals surface area contributed by atoms with Crippen molar-refractivity contribution in [3.63, 3.8) is 0 Å². The molecule has 94 valence electrons. The lowest BCUT2D eigenvalue weighted by Crippen LogP contribution is -2.18. The number of esters is 1. The molecule has 0 aliphatic carbocycles.